The molecule has 1 aromatic heterocycles. The molecular formula is C17H20Cl4N4O2. The minimum absolute atomic E-state index is 0. The van der Waals surface area contributed by atoms with Crippen molar-refractivity contribution in [3.8, 4) is 5.75 Å². The van der Waals surface area contributed by atoms with Crippen molar-refractivity contribution in [1.29, 1.82) is 0 Å². The summed E-state index contributed by atoms with van der Waals surface area (Å²) in [7, 11) is 0. The highest BCUT2D eigenvalue weighted by Crippen LogP contribution is 2.27. The number of piperazine rings is 1. The van der Waals surface area contributed by atoms with Gasteiger partial charge in [0.05, 0.1) is 16.2 Å². The van der Waals surface area contributed by atoms with E-state index >= 15 is 0 Å². The summed E-state index contributed by atoms with van der Waals surface area (Å²) in [4.78, 5) is 18.3. The molecule has 1 aliphatic heterocycles. The lowest BCUT2D eigenvalue weighted by atomic mass is 10.2. The fraction of sp³-hybridized carbons (Fsp3) is 0.294. The number of nitrogens with one attached hydrogen (secondary N) is 2. The number of amides is 2. The predicted octanol–water partition coefficient (Wildman–Crippen LogP) is 3.92. The van der Waals surface area contributed by atoms with Gasteiger partial charge in [-0.3, -0.25) is 10.3 Å². The van der Waals surface area contributed by atoms with E-state index in [4.69, 9.17) is 27.9 Å². The van der Waals surface area contributed by atoms with Crippen molar-refractivity contribution in [1.82, 2.24) is 20.5 Å². The quantitative estimate of drug-likeness (QED) is 0.688. The molecule has 0 bridgehead atoms. The molecule has 1 aliphatic rings. The number of rotatable bonds is 4. The molecule has 0 unspecified atom stereocenters. The second kappa shape index (κ2) is 11.4. The molecular weight excluding hydrogens is 434 g/mol. The molecule has 2 aromatic rings. The van der Waals surface area contributed by atoms with E-state index in [0.717, 1.165) is 13.1 Å². The third-order valence-corrected chi connectivity index (χ3v) is 4.53. The minimum Gasteiger partial charge on any atom is -0.465 e. The summed E-state index contributed by atoms with van der Waals surface area (Å²) in [6.07, 6.45) is 2.53. The van der Waals surface area contributed by atoms with Crippen molar-refractivity contribution in [2.75, 3.05) is 26.2 Å². The number of carbonyl (C=O) groups excluding carboxylic acids is 1. The summed E-state index contributed by atoms with van der Waals surface area (Å²) < 4.78 is 5.92. The molecule has 2 N–H and O–H groups in total. The van der Waals surface area contributed by atoms with Crippen LogP contribution in [0.15, 0.2) is 42.7 Å². The van der Waals surface area contributed by atoms with Crippen LogP contribution in [0.25, 0.3) is 0 Å². The Bertz CT molecular complexity index is 730. The molecule has 0 radical (unpaired) electrons. The van der Waals surface area contributed by atoms with Gasteiger partial charge in [0.2, 0.25) is 0 Å². The number of urea groups is 1. The van der Waals surface area contributed by atoms with Gasteiger partial charge < -0.3 is 15.0 Å². The van der Waals surface area contributed by atoms with Crippen molar-refractivity contribution in [3.05, 3.63) is 58.3 Å². The Kier molecular flexibility index (Phi) is 9.98. The molecule has 3 rings (SSSR count). The van der Waals surface area contributed by atoms with Crippen molar-refractivity contribution >= 4 is 54.0 Å². The second-order valence-electron chi connectivity index (χ2n) is 5.55. The smallest absolute Gasteiger partial charge is 0.320 e. The summed E-state index contributed by atoms with van der Waals surface area (Å²) in [5, 5.41) is 6.96. The van der Waals surface area contributed by atoms with Crippen molar-refractivity contribution in [2.24, 2.45) is 0 Å². The minimum atomic E-state index is -0.707. The van der Waals surface area contributed by atoms with Crippen LogP contribution in [0.1, 0.15) is 11.8 Å². The predicted molar refractivity (Wildman–Crippen MR) is 112 cm³/mol. The van der Waals surface area contributed by atoms with E-state index < -0.39 is 6.23 Å². The number of hydrogen-bond acceptors (Lipinski definition) is 4. The van der Waals surface area contributed by atoms with E-state index in [1.54, 1.807) is 47.6 Å². The molecule has 1 atom stereocenters. The summed E-state index contributed by atoms with van der Waals surface area (Å²) in [5.41, 5.74) is 0.696. The second-order valence-corrected chi connectivity index (χ2v) is 6.36. The van der Waals surface area contributed by atoms with Gasteiger partial charge in [-0.25, -0.2) is 4.79 Å². The topological polar surface area (TPSA) is 66.5 Å². The number of carbonyl (C=O) groups is 1. The van der Waals surface area contributed by atoms with E-state index in [-0.39, 0.29) is 30.8 Å². The van der Waals surface area contributed by atoms with Crippen molar-refractivity contribution in [3.63, 3.8) is 0 Å². The Morgan fingerprint density at radius 3 is 2.56 bits per heavy atom. The van der Waals surface area contributed by atoms with E-state index in [0.29, 0.717) is 34.4 Å². The van der Waals surface area contributed by atoms with Gasteiger partial charge in [-0.05, 0) is 24.3 Å². The largest absolute Gasteiger partial charge is 0.465 e. The zero-order chi connectivity index (χ0) is 17.6. The van der Waals surface area contributed by atoms with Gasteiger partial charge >= 0.3 is 6.03 Å². The van der Waals surface area contributed by atoms with Crippen molar-refractivity contribution < 1.29 is 9.53 Å². The van der Waals surface area contributed by atoms with E-state index in [2.05, 4.69) is 15.6 Å². The molecule has 0 spiro atoms. The van der Waals surface area contributed by atoms with Crippen LogP contribution in [-0.2, 0) is 0 Å². The maximum Gasteiger partial charge on any atom is 0.320 e. The number of aromatic nitrogens is 1. The van der Waals surface area contributed by atoms with Gasteiger partial charge in [0.15, 0.2) is 6.23 Å². The van der Waals surface area contributed by atoms with Crippen LogP contribution < -0.4 is 15.4 Å². The van der Waals surface area contributed by atoms with Gasteiger partial charge in [-0.2, -0.15) is 0 Å². The first kappa shape index (κ1) is 23.6. The number of benzene rings is 1. The van der Waals surface area contributed by atoms with Gasteiger partial charge in [0.1, 0.15) is 5.75 Å². The van der Waals surface area contributed by atoms with Gasteiger partial charge in [0.25, 0.3) is 0 Å². The molecule has 1 fully saturated rings. The summed E-state index contributed by atoms with van der Waals surface area (Å²) >= 11 is 12.1. The zero-order valence-electron chi connectivity index (χ0n) is 14.2. The average molecular weight is 454 g/mol. The average Bonchev–Trinajstić information content (AvgIpc) is 2.65. The van der Waals surface area contributed by atoms with Crippen LogP contribution in [0.3, 0.4) is 0 Å². The Morgan fingerprint density at radius 1 is 1.19 bits per heavy atom. The van der Waals surface area contributed by atoms with Crippen LogP contribution in [0.5, 0.6) is 5.75 Å². The molecule has 10 heteroatoms. The number of ether oxygens (including phenoxy) is 1. The Morgan fingerprint density at radius 2 is 1.93 bits per heavy atom. The molecule has 0 saturated carbocycles. The normalized spacial score (nSPS) is 14.4. The fourth-order valence-corrected chi connectivity index (χ4v) is 2.79. The number of halogens is 4. The highest BCUT2D eigenvalue weighted by atomic mass is 35.5. The fourth-order valence-electron chi connectivity index (χ4n) is 2.48. The maximum absolute atomic E-state index is 12.6. The van der Waals surface area contributed by atoms with Crippen molar-refractivity contribution in [2.45, 2.75) is 6.23 Å². The third kappa shape index (κ3) is 6.59. The maximum atomic E-state index is 12.6. The molecule has 0 aliphatic carbocycles. The monoisotopic (exact) mass is 452 g/mol. The molecule has 1 aromatic carbocycles. The highest BCUT2D eigenvalue weighted by Gasteiger charge is 2.22. The number of nitrogens with zero attached hydrogens (tertiary/aromatic N) is 2. The van der Waals surface area contributed by atoms with Crippen LogP contribution in [0.2, 0.25) is 10.0 Å². The van der Waals surface area contributed by atoms with Crippen LogP contribution in [0, 0.1) is 0 Å². The summed E-state index contributed by atoms with van der Waals surface area (Å²) in [5.74, 6) is 0.541. The first-order valence-electron chi connectivity index (χ1n) is 7.91. The van der Waals surface area contributed by atoms with E-state index in [1.165, 1.54) is 0 Å². The van der Waals surface area contributed by atoms with E-state index in [9.17, 15) is 4.79 Å². The van der Waals surface area contributed by atoms with Gasteiger partial charge in [0, 0.05) is 37.9 Å². The number of pyridine rings is 1. The van der Waals surface area contributed by atoms with Crippen LogP contribution in [0.4, 0.5) is 4.79 Å². The molecule has 6 nitrogen and oxygen atoms in total. The molecule has 1 saturated heterocycles. The first-order valence-corrected chi connectivity index (χ1v) is 8.67. The molecule has 27 heavy (non-hydrogen) atoms. The SMILES string of the molecule is Cl.Cl.O=C(N[C@@H](Oc1cccnc1)c1ccc(Cl)c(Cl)c1)N1CCNCC1. The lowest BCUT2D eigenvalue weighted by Crippen LogP contribution is -2.51. The lowest BCUT2D eigenvalue weighted by molar-refractivity contribution is 0.140. The summed E-state index contributed by atoms with van der Waals surface area (Å²) in [6.45, 7) is 2.84. The standard InChI is InChI=1S/C17H18Cl2N4O2.2ClH/c18-14-4-3-12(10-15(14)19)16(25-13-2-1-5-21-11-13)22-17(24)23-8-6-20-7-9-23;;/h1-5,10-11,16,20H,6-9H2,(H,22,24);2*1H/t16-;;/m0../s1. The first-order chi connectivity index (χ1) is 12.1. The van der Waals surface area contributed by atoms with Crippen LogP contribution >= 0.6 is 48.0 Å². The Hall–Kier alpha value is -1.44. The molecule has 2 heterocycles. The zero-order valence-corrected chi connectivity index (χ0v) is 17.4. The number of hydrogen-bond donors (Lipinski definition) is 2. The highest BCUT2D eigenvalue weighted by molar-refractivity contribution is 6.42. The molecule has 148 valence electrons. The third-order valence-electron chi connectivity index (χ3n) is 3.79. The van der Waals surface area contributed by atoms with Gasteiger partial charge in [-0.1, -0.05) is 29.3 Å². The Balaban J connectivity index is 0.00000182. The van der Waals surface area contributed by atoms with Crippen LogP contribution in [-0.4, -0.2) is 42.1 Å². The Labute approximate surface area is 180 Å². The van der Waals surface area contributed by atoms with E-state index in [1.807, 2.05) is 0 Å². The van der Waals surface area contributed by atoms with Gasteiger partial charge in [-0.15, -0.1) is 24.8 Å². The molecule has 2 amide bonds. The summed E-state index contributed by atoms with van der Waals surface area (Å²) in [6, 6.07) is 8.47. The lowest BCUT2D eigenvalue weighted by Gasteiger charge is -2.30.